The molecule has 22 heavy (non-hydrogen) atoms. The van der Waals surface area contributed by atoms with Gasteiger partial charge in [-0.25, -0.2) is 4.98 Å². The molecule has 0 unspecified atom stereocenters. The van der Waals surface area contributed by atoms with Crippen LogP contribution in [0.1, 0.15) is 23.7 Å². The maximum absolute atomic E-state index is 12.5. The number of hydrogen-bond donors (Lipinski definition) is 2. The van der Waals surface area contributed by atoms with Gasteiger partial charge in [-0.2, -0.15) is 0 Å². The quantitative estimate of drug-likeness (QED) is 0.899. The first-order valence-corrected chi connectivity index (χ1v) is 7.28. The zero-order valence-electron chi connectivity index (χ0n) is 12.4. The molecule has 1 aromatic carbocycles. The van der Waals surface area contributed by atoms with Crippen LogP contribution in [-0.4, -0.2) is 45.8 Å². The van der Waals surface area contributed by atoms with E-state index in [2.05, 4.69) is 15.3 Å². The summed E-state index contributed by atoms with van der Waals surface area (Å²) in [5.41, 5.74) is 2.57. The molecule has 114 valence electrons. The summed E-state index contributed by atoms with van der Waals surface area (Å²) in [6, 6.07) is 7.52. The van der Waals surface area contributed by atoms with Crippen LogP contribution in [0.15, 0.2) is 36.8 Å². The van der Waals surface area contributed by atoms with Gasteiger partial charge in [-0.3, -0.25) is 9.59 Å². The monoisotopic (exact) mass is 298 g/mol. The Morgan fingerprint density at radius 1 is 1.32 bits per heavy atom. The predicted molar refractivity (Wildman–Crippen MR) is 82.1 cm³/mol. The minimum absolute atomic E-state index is 0.00372. The average Bonchev–Trinajstić information content (AvgIpc) is 3.17. The summed E-state index contributed by atoms with van der Waals surface area (Å²) in [5.74, 6) is -0.0489. The van der Waals surface area contributed by atoms with Gasteiger partial charge in [0.2, 0.25) is 5.91 Å². The number of nitrogens with zero attached hydrogens (tertiary/aromatic N) is 2. The molecule has 1 saturated heterocycles. The van der Waals surface area contributed by atoms with E-state index < -0.39 is 0 Å². The van der Waals surface area contributed by atoms with Gasteiger partial charge < -0.3 is 15.2 Å². The lowest BCUT2D eigenvalue weighted by atomic mass is 10.1. The number of benzene rings is 1. The molecule has 0 radical (unpaired) electrons. The molecule has 1 atom stereocenters. The first kappa shape index (κ1) is 14.3. The highest BCUT2D eigenvalue weighted by Crippen LogP contribution is 2.19. The lowest BCUT2D eigenvalue weighted by Crippen LogP contribution is -2.37. The number of H-pyrrole nitrogens is 1. The molecule has 2 N–H and O–H groups in total. The van der Waals surface area contributed by atoms with Crippen LogP contribution >= 0.6 is 0 Å². The molecular formula is C16H18N4O2. The predicted octanol–water partition coefficient (Wildman–Crippen LogP) is 1.43. The minimum Gasteiger partial charge on any atom is -0.352 e. The lowest BCUT2D eigenvalue weighted by molar-refractivity contribution is -0.119. The minimum atomic E-state index is -0.0526. The van der Waals surface area contributed by atoms with Gasteiger partial charge in [0.25, 0.3) is 5.91 Å². The highest BCUT2D eigenvalue weighted by molar-refractivity contribution is 5.95. The number of carbonyl (C=O) groups excluding carboxylic acids is 2. The van der Waals surface area contributed by atoms with Crippen molar-refractivity contribution in [2.24, 2.45) is 0 Å². The summed E-state index contributed by atoms with van der Waals surface area (Å²) < 4.78 is 0. The second kappa shape index (κ2) is 6.01. The fourth-order valence-electron chi connectivity index (χ4n) is 2.74. The van der Waals surface area contributed by atoms with Crippen LogP contribution < -0.4 is 5.32 Å². The van der Waals surface area contributed by atoms with E-state index in [-0.39, 0.29) is 17.9 Å². The van der Waals surface area contributed by atoms with Crippen molar-refractivity contribution in [2.45, 2.75) is 19.4 Å². The number of amides is 2. The largest absolute Gasteiger partial charge is 0.352 e. The van der Waals surface area contributed by atoms with Crippen molar-refractivity contribution in [1.82, 2.24) is 20.2 Å². The Bertz CT molecular complexity index is 664. The first-order chi connectivity index (χ1) is 10.6. The highest BCUT2D eigenvalue weighted by atomic mass is 16.2. The molecule has 1 aromatic heterocycles. The lowest BCUT2D eigenvalue weighted by Gasteiger charge is -2.17. The zero-order valence-corrected chi connectivity index (χ0v) is 12.4. The number of aromatic nitrogens is 2. The van der Waals surface area contributed by atoms with Crippen molar-refractivity contribution in [1.29, 1.82) is 0 Å². The summed E-state index contributed by atoms with van der Waals surface area (Å²) in [5, 5.41) is 2.86. The van der Waals surface area contributed by atoms with Crippen molar-refractivity contribution >= 4 is 11.8 Å². The van der Waals surface area contributed by atoms with Crippen LogP contribution in [0.2, 0.25) is 0 Å². The van der Waals surface area contributed by atoms with E-state index in [1.165, 1.54) is 6.92 Å². The molecule has 2 aromatic rings. The van der Waals surface area contributed by atoms with Gasteiger partial charge in [0, 0.05) is 31.6 Å². The van der Waals surface area contributed by atoms with E-state index in [0.717, 1.165) is 17.7 Å². The van der Waals surface area contributed by atoms with Gasteiger partial charge in [-0.15, -0.1) is 0 Å². The van der Waals surface area contributed by atoms with E-state index in [1.54, 1.807) is 17.4 Å². The fourth-order valence-corrected chi connectivity index (χ4v) is 2.74. The standard InChI is InChI=1S/C16H18N4O2/c1-11(21)19-14-6-7-20(9-14)16(22)13-4-2-12(3-5-13)15-8-17-10-18-15/h2-5,8,10,14H,6-7,9H2,1H3,(H,17,18)(H,19,21)/t14-/m0/s1. The summed E-state index contributed by atoms with van der Waals surface area (Å²) >= 11 is 0. The van der Waals surface area contributed by atoms with Crippen molar-refractivity contribution in [3.63, 3.8) is 0 Å². The Labute approximate surface area is 128 Å². The van der Waals surface area contributed by atoms with Gasteiger partial charge in [-0.05, 0) is 24.1 Å². The van der Waals surface area contributed by atoms with Crippen LogP contribution in [0.3, 0.4) is 0 Å². The molecular weight excluding hydrogens is 280 g/mol. The third-order valence-electron chi connectivity index (χ3n) is 3.82. The molecule has 2 heterocycles. The zero-order chi connectivity index (χ0) is 15.5. The summed E-state index contributed by atoms with van der Waals surface area (Å²) in [7, 11) is 0. The number of hydrogen-bond acceptors (Lipinski definition) is 3. The SMILES string of the molecule is CC(=O)N[C@H]1CCN(C(=O)c2ccc(-c3cnc[nH]3)cc2)C1. The van der Waals surface area contributed by atoms with E-state index >= 15 is 0 Å². The Morgan fingerprint density at radius 2 is 2.09 bits per heavy atom. The maximum atomic E-state index is 12.5. The summed E-state index contributed by atoms with van der Waals surface area (Å²) in [4.78, 5) is 32.3. The van der Waals surface area contributed by atoms with Crippen molar-refractivity contribution in [3.8, 4) is 11.3 Å². The smallest absolute Gasteiger partial charge is 0.253 e. The van der Waals surface area contributed by atoms with Crippen LogP contribution in [0.4, 0.5) is 0 Å². The Balaban J connectivity index is 1.67. The molecule has 2 amide bonds. The molecule has 6 heteroatoms. The second-order valence-corrected chi connectivity index (χ2v) is 5.48. The molecule has 0 spiro atoms. The third kappa shape index (κ3) is 3.00. The molecule has 6 nitrogen and oxygen atoms in total. The van der Waals surface area contributed by atoms with Crippen LogP contribution in [-0.2, 0) is 4.79 Å². The van der Waals surface area contributed by atoms with Crippen LogP contribution in [0.5, 0.6) is 0 Å². The molecule has 1 aliphatic heterocycles. The third-order valence-corrected chi connectivity index (χ3v) is 3.82. The summed E-state index contributed by atoms with van der Waals surface area (Å²) in [6.45, 7) is 2.74. The number of imidazole rings is 1. The van der Waals surface area contributed by atoms with Gasteiger partial charge in [0.15, 0.2) is 0 Å². The Kier molecular flexibility index (Phi) is 3.91. The number of nitrogens with one attached hydrogen (secondary N) is 2. The first-order valence-electron chi connectivity index (χ1n) is 7.28. The van der Waals surface area contributed by atoms with Gasteiger partial charge in [0.1, 0.15) is 0 Å². The maximum Gasteiger partial charge on any atom is 0.253 e. The number of likely N-dealkylation sites (tertiary alicyclic amines) is 1. The van der Waals surface area contributed by atoms with Gasteiger partial charge >= 0.3 is 0 Å². The van der Waals surface area contributed by atoms with Crippen molar-refractivity contribution in [3.05, 3.63) is 42.4 Å². The van der Waals surface area contributed by atoms with Gasteiger partial charge in [-0.1, -0.05) is 12.1 Å². The topological polar surface area (TPSA) is 78.1 Å². The summed E-state index contributed by atoms with van der Waals surface area (Å²) in [6.07, 6.45) is 4.17. The van der Waals surface area contributed by atoms with Crippen LogP contribution in [0.25, 0.3) is 11.3 Å². The highest BCUT2D eigenvalue weighted by Gasteiger charge is 2.27. The molecule has 0 saturated carbocycles. The van der Waals surface area contributed by atoms with E-state index in [0.29, 0.717) is 18.7 Å². The fraction of sp³-hybridized carbons (Fsp3) is 0.312. The number of rotatable bonds is 3. The molecule has 1 fully saturated rings. The molecule has 0 bridgehead atoms. The number of aromatic amines is 1. The Hall–Kier alpha value is -2.63. The van der Waals surface area contributed by atoms with Gasteiger partial charge in [0.05, 0.1) is 18.2 Å². The molecule has 1 aliphatic rings. The molecule has 3 rings (SSSR count). The van der Waals surface area contributed by atoms with Crippen LogP contribution in [0, 0.1) is 0 Å². The average molecular weight is 298 g/mol. The second-order valence-electron chi connectivity index (χ2n) is 5.48. The number of carbonyl (C=O) groups is 2. The van der Waals surface area contributed by atoms with E-state index in [4.69, 9.17) is 0 Å². The van der Waals surface area contributed by atoms with E-state index in [1.807, 2.05) is 24.3 Å². The van der Waals surface area contributed by atoms with Crippen molar-refractivity contribution < 1.29 is 9.59 Å². The van der Waals surface area contributed by atoms with E-state index in [9.17, 15) is 9.59 Å². The van der Waals surface area contributed by atoms with Crippen molar-refractivity contribution in [2.75, 3.05) is 13.1 Å². The normalized spacial score (nSPS) is 17.5. The Morgan fingerprint density at radius 3 is 2.73 bits per heavy atom. The molecule has 0 aliphatic carbocycles.